The SMILES string of the molecule is CCC(CC)(CO)CNCCC(=O)NCC(C)C. The lowest BCUT2D eigenvalue weighted by atomic mass is 9.83. The summed E-state index contributed by atoms with van der Waals surface area (Å²) in [5, 5.41) is 15.6. The molecule has 0 saturated carbocycles. The van der Waals surface area contributed by atoms with E-state index in [1.54, 1.807) is 0 Å². The highest BCUT2D eigenvalue weighted by Crippen LogP contribution is 2.24. The maximum atomic E-state index is 11.5. The van der Waals surface area contributed by atoms with E-state index in [4.69, 9.17) is 0 Å². The molecule has 0 bridgehead atoms. The predicted octanol–water partition coefficient (Wildman–Crippen LogP) is 1.54. The Bertz CT molecular complexity index is 218. The van der Waals surface area contributed by atoms with E-state index in [1.807, 2.05) is 0 Å². The monoisotopic (exact) mass is 258 g/mol. The van der Waals surface area contributed by atoms with Gasteiger partial charge in [0.05, 0.1) is 0 Å². The summed E-state index contributed by atoms with van der Waals surface area (Å²) in [6, 6.07) is 0. The molecular formula is C14H30N2O2. The molecule has 4 heteroatoms. The van der Waals surface area contributed by atoms with E-state index in [1.165, 1.54) is 0 Å². The summed E-state index contributed by atoms with van der Waals surface area (Å²) in [5.74, 6) is 0.586. The Labute approximate surface area is 112 Å². The van der Waals surface area contributed by atoms with Gasteiger partial charge in [0.15, 0.2) is 0 Å². The van der Waals surface area contributed by atoms with Crippen molar-refractivity contribution in [2.45, 2.75) is 47.0 Å². The van der Waals surface area contributed by atoms with Gasteiger partial charge in [-0.05, 0) is 18.8 Å². The number of hydrogen-bond acceptors (Lipinski definition) is 3. The molecular weight excluding hydrogens is 228 g/mol. The zero-order valence-electron chi connectivity index (χ0n) is 12.4. The minimum atomic E-state index is -0.0333. The summed E-state index contributed by atoms with van der Waals surface area (Å²) in [4.78, 5) is 11.5. The van der Waals surface area contributed by atoms with Crippen LogP contribution in [0.3, 0.4) is 0 Å². The fourth-order valence-electron chi connectivity index (χ4n) is 1.74. The highest BCUT2D eigenvalue weighted by atomic mass is 16.3. The van der Waals surface area contributed by atoms with Crippen molar-refractivity contribution < 1.29 is 9.90 Å². The molecule has 0 fully saturated rings. The molecule has 0 spiro atoms. The van der Waals surface area contributed by atoms with Crippen molar-refractivity contribution in [3.63, 3.8) is 0 Å². The third kappa shape index (κ3) is 6.97. The lowest BCUT2D eigenvalue weighted by Gasteiger charge is -2.29. The molecule has 0 unspecified atom stereocenters. The van der Waals surface area contributed by atoms with Crippen LogP contribution < -0.4 is 10.6 Å². The van der Waals surface area contributed by atoms with Gasteiger partial charge in [-0.15, -0.1) is 0 Å². The van der Waals surface area contributed by atoms with Gasteiger partial charge in [0.25, 0.3) is 0 Å². The third-order valence-electron chi connectivity index (χ3n) is 3.57. The molecule has 1 amide bonds. The van der Waals surface area contributed by atoms with Crippen LogP contribution in [0.4, 0.5) is 0 Å². The second-order valence-corrected chi connectivity index (χ2v) is 5.49. The minimum Gasteiger partial charge on any atom is -0.396 e. The van der Waals surface area contributed by atoms with Crippen LogP contribution in [0.5, 0.6) is 0 Å². The summed E-state index contributed by atoms with van der Waals surface area (Å²) >= 11 is 0. The van der Waals surface area contributed by atoms with E-state index in [0.717, 1.165) is 25.9 Å². The van der Waals surface area contributed by atoms with Crippen LogP contribution in [0.2, 0.25) is 0 Å². The van der Waals surface area contributed by atoms with E-state index in [0.29, 0.717) is 18.9 Å². The Hall–Kier alpha value is -0.610. The summed E-state index contributed by atoms with van der Waals surface area (Å²) in [6.45, 7) is 10.7. The third-order valence-corrected chi connectivity index (χ3v) is 3.57. The number of nitrogens with one attached hydrogen (secondary N) is 2. The van der Waals surface area contributed by atoms with E-state index in [2.05, 4.69) is 38.3 Å². The normalized spacial score (nSPS) is 11.9. The molecule has 0 atom stereocenters. The van der Waals surface area contributed by atoms with E-state index in [9.17, 15) is 9.90 Å². The van der Waals surface area contributed by atoms with E-state index < -0.39 is 0 Å². The number of aliphatic hydroxyl groups is 1. The van der Waals surface area contributed by atoms with Gasteiger partial charge >= 0.3 is 0 Å². The van der Waals surface area contributed by atoms with Crippen LogP contribution in [-0.2, 0) is 4.79 Å². The first-order chi connectivity index (χ1) is 8.49. The number of rotatable bonds is 10. The van der Waals surface area contributed by atoms with Crippen molar-refractivity contribution in [1.29, 1.82) is 0 Å². The summed E-state index contributed by atoms with van der Waals surface area (Å²) in [6.07, 6.45) is 2.40. The molecule has 108 valence electrons. The first-order valence-corrected chi connectivity index (χ1v) is 7.08. The average Bonchev–Trinajstić information content (AvgIpc) is 2.37. The second kappa shape index (κ2) is 9.34. The van der Waals surface area contributed by atoms with Crippen molar-refractivity contribution in [3.8, 4) is 0 Å². The molecule has 18 heavy (non-hydrogen) atoms. The van der Waals surface area contributed by atoms with Crippen molar-refractivity contribution in [3.05, 3.63) is 0 Å². The molecule has 0 radical (unpaired) electrons. The quantitative estimate of drug-likeness (QED) is 0.521. The van der Waals surface area contributed by atoms with Crippen LogP contribution in [0.15, 0.2) is 0 Å². The average molecular weight is 258 g/mol. The second-order valence-electron chi connectivity index (χ2n) is 5.49. The van der Waals surface area contributed by atoms with Crippen LogP contribution >= 0.6 is 0 Å². The predicted molar refractivity (Wildman–Crippen MR) is 75.4 cm³/mol. The van der Waals surface area contributed by atoms with Crippen molar-refractivity contribution in [2.24, 2.45) is 11.3 Å². The Morgan fingerprint density at radius 2 is 1.89 bits per heavy atom. The summed E-state index contributed by atoms with van der Waals surface area (Å²) < 4.78 is 0. The molecule has 0 heterocycles. The summed E-state index contributed by atoms with van der Waals surface area (Å²) in [5.41, 5.74) is -0.0333. The first-order valence-electron chi connectivity index (χ1n) is 7.08. The molecule has 0 aliphatic heterocycles. The summed E-state index contributed by atoms with van der Waals surface area (Å²) in [7, 11) is 0. The van der Waals surface area contributed by atoms with Crippen LogP contribution in [-0.4, -0.2) is 37.3 Å². The molecule has 0 aromatic rings. The Morgan fingerprint density at radius 3 is 2.33 bits per heavy atom. The van der Waals surface area contributed by atoms with Gasteiger partial charge < -0.3 is 15.7 Å². The largest absolute Gasteiger partial charge is 0.396 e. The zero-order chi connectivity index (χ0) is 14.0. The van der Waals surface area contributed by atoms with E-state index in [-0.39, 0.29) is 17.9 Å². The van der Waals surface area contributed by atoms with Crippen LogP contribution in [0.1, 0.15) is 47.0 Å². The van der Waals surface area contributed by atoms with Gasteiger partial charge in [0.2, 0.25) is 5.91 Å². The van der Waals surface area contributed by atoms with Gasteiger partial charge in [-0.2, -0.15) is 0 Å². The molecule has 0 saturated heterocycles. The maximum absolute atomic E-state index is 11.5. The molecule has 0 aromatic heterocycles. The van der Waals surface area contributed by atoms with Gasteiger partial charge in [-0.1, -0.05) is 27.7 Å². The minimum absolute atomic E-state index is 0.0333. The van der Waals surface area contributed by atoms with Gasteiger partial charge in [0, 0.05) is 38.1 Å². The van der Waals surface area contributed by atoms with Gasteiger partial charge in [-0.25, -0.2) is 0 Å². The molecule has 0 aliphatic rings. The molecule has 0 aliphatic carbocycles. The highest BCUT2D eigenvalue weighted by molar-refractivity contribution is 5.76. The number of hydrogen-bond donors (Lipinski definition) is 3. The van der Waals surface area contributed by atoms with Gasteiger partial charge in [-0.3, -0.25) is 4.79 Å². The lowest BCUT2D eigenvalue weighted by Crippen LogP contribution is -2.38. The van der Waals surface area contributed by atoms with Crippen molar-refractivity contribution >= 4 is 5.91 Å². The fourth-order valence-corrected chi connectivity index (χ4v) is 1.74. The molecule has 0 aromatic carbocycles. The Balaban J connectivity index is 3.75. The van der Waals surface area contributed by atoms with Crippen LogP contribution in [0.25, 0.3) is 0 Å². The standard InChI is InChI=1S/C14H30N2O2/c1-5-14(6-2,11-17)10-15-8-7-13(18)16-9-12(3)4/h12,15,17H,5-11H2,1-4H3,(H,16,18). The molecule has 3 N–H and O–H groups in total. The number of carbonyl (C=O) groups excluding carboxylic acids is 1. The first kappa shape index (κ1) is 17.4. The lowest BCUT2D eigenvalue weighted by molar-refractivity contribution is -0.121. The van der Waals surface area contributed by atoms with Crippen LogP contribution in [0, 0.1) is 11.3 Å². The van der Waals surface area contributed by atoms with Gasteiger partial charge in [0.1, 0.15) is 0 Å². The van der Waals surface area contributed by atoms with Crippen molar-refractivity contribution in [1.82, 2.24) is 10.6 Å². The van der Waals surface area contributed by atoms with E-state index >= 15 is 0 Å². The molecule has 4 nitrogen and oxygen atoms in total. The maximum Gasteiger partial charge on any atom is 0.221 e. The highest BCUT2D eigenvalue weighted by Gasteiger charge is 2.24. The smallest absolute Gasteiger partial charge is 0.221 e. The topological polar surface area (TPSA) is 61.4 Å². The fraction of sp³-hybridized carbons (Fsp3) is 0.929. The zero-order valence-corrected chi connectivity index (χ0v) is 12.4. The number of aliphatic hydroxyl groups excluding tert-OH is 1. The Kier molecular flexibility index (Phi) is 9.02. The molecule has 0 rings (SSSR count). The Morgan fingerprint density at radius 1 is 1.28 bits per heavy atom. The van der Waals surface area contributed by atoms with Crippen molar-refractivity contribution in [2.75, 3.05) is 26.2 Å². The number of carbonyl (C=O) groups is 1. The number of amides is 1.